The summed E-state index contributed by atoms with van der Waals surface area (Å²) in [5.41, 5.74) is 0. The van der Waals surface area contributed by atoms with Gasteiger partial charge in [0.1, 0.15) is 6.10 Å². The van der Waals surface area contributed by atoms with Gasteiger partial charge in [-0.15, -0.1) is 0 Å². The number of aliphatic hydroxyl groups is 2. The summed E-state index contributed by atoms with van der Waals surface area (Å²) in [5, 5.41) is 23.6. The zero-order valence-electron chi connectivity index (χ0n) is 37.3. The van der Waals surface area contributed by atoms with E-state index in [4.69, 9.17) is 4.74 Å². The first kappa shape index (κ1) is 54.1. The van der Waals surface area contributed by atoms with Crippen molar-refractivity contribution in [2.75, 3.05) is 6.61 Å². The Hall–Kier alpha value is -1.92. The molecule has 1 amide bonds. The molecule has 0 rings (SSSR count). The number of hydrogen-bond acceptors (Lipinski definition) is 5. The van der Waals surface area contributed by atoms with E-state index >= 15 is 0 Å². The summed E-state index contributed by atoms with van der Waals surface area (Å²) in [6, 6.07) is -0.730. The summed E-state index contributed by atoms with van der Waals surface area (Å²) in [6.07, 6.45) is 51.0. The van der Waals surface area contributed by atoms with Gasteiger partial charge in [-0.05, 0) is 57.4 Å². The monoisotopic (exact) mass is 788 g/mol. The molecular formula is C50H93NO5. The summed E-state index contributed by atoms with van der Waals surface area (Å²) in [7, 11) is 0. The molecule has 0 spiro atoms. The molecule has 0 saturated carbocycles. The van der Waals surface area contributed by atoms with E-state index in [-0.39, 0.29) is 24.9 Å². The molecule has 0 aromatic carbocycles. The summed E-state index contributed by atoms with van der Waals surface area (Å²) >= 11 is 0. The number of carbonyl (C=O) groups is 2. The Morgan fingerprint density at radius 3 is 1.48 bits per heavy atom. The van der Waals surface area contributed by atoms with Crippen LogP contribution in [0.3, 0.4) is 0 Å². The Morgan fingerprint density at radius 1 is 0.536 bits per heavy atom. The van der Waals surface area contributed by atoms with Crippen LogP contribution in [0.25, 0.3) is 0 Å². The first-order chi connectivity index (χ1) is 27.5. The molecule has 0 fully saturated rings. The van der Waals surface area contributed by atoms with Gasteiger partial charge in [-0.2, -0.15) is 0 Å². The van der Waals surface area contributed by atoms with Crippen LogP contribution in [0.15, 0.2) is 36.5 Å². The van der Waals surface area contributed by atoms with Crippen molar-refractivity contribution < 1.29 is 24.5 Å². The number of rotatable bonds is 43. The molecule has 6 heteroatoms. The number of allylic oxidation sites excluding steroid dienone is 5. The highest BCUT2D eigenvalue weighted by molar-refractivity contribution is 5.78. The molecule has 0 saturated heterocycles. The standard InChI is InChI=1S/C50H93NO5/c1-4-7-10-13-16-19-22-23-24-25-26-28-30-33-36-39-42-48(53)47(45-52)51-49(54)44-46(41-38-35-32-29-27-20-17-14-11-8-5-2)56-50(55)43-40-37-34-31-21-18-15-12-9-6-3/h12,15,29,32,38,41,46-48,52-53H,4-11,13-14,16-28,30-31,33-37,39-40,42-45H2,1-3H3,(H,51,54)/b15-12-,32-29-,41-38+. The van der Waals surface area contributed by atoms with Crippen LogP contribution >= 0.6 is 0 Å². The Balaban J connectivity index is 4.56. The molecule has 56 heavy (non-hydrogen) atoms. The minimum atomic E-state index is -0.809. The number of hydrogen-bond donors (Lipinski definition) is 3. The number of unbranched alkanes of at least 4 members (excludes halogenated alkanes) is 27. The summed E-state index contributed by atoms with van der Waals surface area (Å²) in [6.45, 7) is 6.38. The normalized spacial score (nSPS) is 13.6. The van der Waals surface area contributed by atoms with Gasteiger partial charge in [0.05, 0.1) is 25.2 Å². The Bertz CT molecular complexity index is 930. The van der Waals surface area contributed by atoms with Crippen molar-refractivity contribution in [2.24, 2.45) is 0 Å². The summed E-state index contributed by atoms with van der Waals surface area (Å²) in [5.74, 6) is -0.611. The number of nitrogens with one attached hydrogen (secondary N) is 1. The quantitative estimate of drug-likeness (QED) is 0.0325. The van der Waals surface area contributed by atoms with E-state index in [2.05, 4.69) is 50.4 Å². The van der Waals surface area contributed by atoms with Gasteiger partial charge >= 0.3 is 5.97 Å². The summed E-state index contributed by atoms with van der Waals surface area (Å²) in [4.78, 5) is 25.9. The molecule has 0 aliphatic heterocycles. The fraction of sp³-hybridized carbons (Fsp3) is 0.840. The molecule has 0 bridgehead atoms. The first-order valence-electron chi connectivity index (χ1n) is 24.2. The lowest BCUT2D eigenvalue weighted by Gasteiger charge is -2.23. The average Bonchev–Trinajstić information content (AvgIpc) is 3.19. The lowest BCUT2D eigenvalue weighted by atomic mass is 10.0. The van der Waals surface area contributed by atoms with Gasteiger partial charge in [-0.1, -0.05) is 212 Å². The van der Waals surface area contributed by atoms with E-state index in [1.807, 2.05) is 12.2 Å². The third-order valence-corrected chi connectivity index (χ3v) is 10.9. The van der Waals surface area contributed by atoms with Crippen LogP contribution in [-0.2, 0) is 14.3 Å². The van der Waals surface area contributed by atoms with Crippen LogP contribution in [0.2, 0.25) is 0 Å². The topological polar surface area (TPSA) is 95.9 Å². The zero-order valence-corrected chi connectivity index (χ0v) is 37.3. The Kier molecular flexibility index (Phi) is 42.7. The fourth-order valence-corrected chi connectivity index (χ4v) is 7.22. The smallest absolute Gasteiger partial charge is 0.306 e. The van der Waals surface area contributed by atoms with E-state index in [0.717, 1.165) is 64.2 Å². The molecule has 0 aromatic rings. The molecule has 3 unspecified atom stereocenters. The van der Waals surface area contributed by atoms with Crippen LogP contribution < -0.4 is 5.32 Å². The molecular weight excluding hydrogens is 695 g/mol. The average molecular weight is 788 g/mol. The molecule has 0 aromatic heterocycles. The predicted octanol–water partition coefficient (Wildman–Crippen LogP) is 14.1. The van der Waals surface area contributed by atoms with Crippen molar-refractivity contribution >= 4 is 11.9 Å². The molecule has 0 heterocycles. The number of carbonyl (C=O) groups excluding carboxylic acids is 2. The number of aliphatic hydroxyl groups excluding tert-OH is 2. The zero-order chi connectivity index (χ0) is 41.0. The lowest BCUT2D eigenvalue weighted by Crippen LogP contribution is -2.46. The maximum Gasteiger partial charge on any atom is 0.306 e. The van der Waals surface area contributed by atoms with Crippen LogP contribution in [-0.4, -0.2) is 46.9 Å². The second-order valence-electron chi connectivity index (χ2n) is 16.5. The Labute approximate surface area is 347 Å². The second kappa shape index (κ2) is 44.2. The molecule has 0 radical (unpaired) electrons. The third-order valence-electron chi connectivity index (χ3n) is 10.9. The molecule has 328 valence electrons. The van der Waals surface area contributed by atoms with Gasteiger partial charge in [0, 0.05) is 6.42 Å². The van der Waals surface area contributed by atoms with E-state index in [1.165, 1.54) is 141 Å². The predicted molar refractivity (Wildman–Crippen MR) is 241 cm³/mol. The Morgan fingerprint density at radius 2 is 0.982 bits per heavy atom. The van der Waals surface area contributed by atoms with Gasteiger partial charge in [-0.25, -0.2) is 0 Å². The maximum absolute atomic E-state index is 13.1. The SMILES string of the molecule is CCC/C=C\CCCCCCCC(=O)OC(/C=C/C/C=C\CCCCCCCC)CC(=O)NC(CO)C(O)CCCCCCCCCCCCCCCCCC. The van der Waals surface area contributed by atoms with Crippen molar-refractivity contribution in [3.8, 4) is 0 Å². The number of ether oxygens (including phenoxy) is 1. The second-order valence-corrected chi connectivity index (χ2v) is 16.5. The van der Waals surface area contributed by atoms with Crippen molar-refractivity contribution in [3.63, 3.8) is 0 Å². The molecule has 6 nitrogen and oxygen atoms in total. The molecule has 3 N–H and O–H groups in total. The van der Waals surface area contributed by atoms with E-state index in [0.29, 0.717) is 12.8 Å². The van der Waals surface area contributed by atoms with Crippen molar-refractivity contribution in [3.05, 3.63) is 36.5 Å². The van der Waals surface area contributed by atoms with Crippen molar-refractivity contribution in [1.82, 2.24) is 5.32 Å². The van der Waals surface area contributed by atoms with Crippen molar-refractivity contribution in [1.29, 1.82) is 0 Å². The number of amides is 1. The van der Waals surface area contributed by atoms with E-state index < -0.39 is 18.2 Å². The van der Waals surface area contributed by atoms with Gasteiger partial charge in [0.25, 0.3) is 0 Å². The van der Waals surface area contributed by atoms with Gasteiger partial charge in [0.15, 0.2) is 0 Å². The van der Waals surface area contributed by atoms with Gasteiger partial charge in [-0.3, -0.25) is 9.59 Å². The van der Waals surface area contributed by atoms with Crippen molar-refractivity contribution in [2.45, 2.75) is 264 Å². The molecule has 3 atom stereocenters. The molecule has 0 aliphatic carbocycles. The van der Waals surface area contributed by atoms with E-state index in [1.54, 1.807) is 0 Å². The maximum atomic E-state index is 13.1. The van der Waals surface area contributed by atoms with Crippen LogP contribution in [0.4, 0.5) is 0 Å². The highest BCUT2D eigenvalue weighted by atomic mass is 16.5. The van der Waals surface area contributed by atoms with E-state index in [9.17, 15) is 19.8 Å². The minimum absolute atomic E-state index is 0.0302. The van der Waals surface area contributed by atoms with Crippen LogP contribution in [0.1, 0.15) is 245 Å². The largest absolute Gasteiger partial charge is 0.458 e. The van der Waals surface area contributed by atoms with Crippen LogP contribution in [0, 0.1) is 0 Å². The minimum Gasteiger partial charge on any atom is -0.458 e. The van der Waals surface area contributed by atoms with Crippen LogP contribution in [0.5, 0.6) is 0 Å². The highest BCUT2D eigenvalue weighted by Crippen LogP contribution is 2.16. The summed E-state index contributed by atoms with van der Waals surface area (Å²) < 4.78 is 5.79. The van der Waals surface area contributed by atoms with Gasteiger partial charge < -0.3 is 20.3 Å². The fourth-order valence-electron chi connectivity index (χ4n) is 7.22. The number of esters is 1. The first-order valence-corrected chi connectivity index (χ1v) is 24.2. The molecule has 0 aliphatic rings. The lowest BCUT2D eigenvalue weighted by molar-refractivity contribution is -0.148. The third kappa shape index (κ3) is 38.9. The van der Waals surface area contributed by atoms with Gasteiger partial charge in [0.2, 0.25) is 5.91 Å². The highest BCUT2D eigenvalue weighted by Gasteiger charge is 2.23.